The molecule has 1 heterocycles. The van der Waals surface area contributed by atoms with Crippen molar-refractivity contribution in [1.82, 2.24) is 0 Å². The van der Waals surface area contributed by atoms with Crippen LogP contribution >= 0.6 is 0 Å². The first-order chi connectivity index (χ1) is 9.65. The van der Waals surface area contributed by atoms with Crippen LogP contribution in [0.5, 0.6) is 11.5 Å². The number of ether oxygens (including phenoxy) is 2. The fourth-order valence-electron chi connectivity index (χ4n) is 1.79. The highest BCUT2D eigenvalue weighted by Crippen LogP contribution is 2.31. The number of carboxylic acid groups (broad SMARTS) is 1. The molecule has 1 N–H and O–H groups in total. The summed E-state index contributed by atoms with van der Waals surface area (Å²) in [5.41, 5.74) is 0.492. The zero-order chi connectivity index (χ0) is 14.5. The van der Waals surface area contributed by atoms with E-state index in [4.69, 9.17) is 13.9 Å². The van der Waals surface area contributed by atoms with Crippen LogP contribution in [0.2, 0.25) is 0 Å². The summed E-state index contributed by atoms with van der Waals surface area (Å²) < 4.78 is 15.5. The lowest BCUT2D eigenvalue weighted by molar-refractivity contribution is -0.130. The minimum Gasteiger partial charge on any atom is -0.497 e. The third kappa shape index (κ3) is 2.83. The molecule has 0 bridgehead atoms. The molecule has 1 aromatic heterocycles. The maximum atomic E-state index is 11.5. The van der Waals surface area contributed by atoms with Gasteiger partial charge in [-0.2, -0.15) is 0 Å². The summed E-state index contributed by atoms with van der Waals surface area (Å²) in [4.78, 5) is 11.5. The van der Waals surface area contributed by atoms with Gasteiger partial charge in [0, 0.05) is 5.56 Å². The Bertz CT molecular complexity index is 626. The minimum atomic E-state index is -1.08. The quantitative estimate of drug-likeness (QED) is 0.849. The first-order valence-corrected chi connectivity index (χ1v) is 5.86. The lowest BCUT2D eigenvalue weighted by Crippen LogP contribution is -2.02. The van der Waals surface area contributed by atoms with E-state index in [0.717, 1.165) is 0 Å². The van der Waals surface area contributed by atoms with Crippen molar-refractivity contribution in [2.24, 2.45) is 0 Å². The number of benzene rings is 1. The smallest absolute Gasteiger partial charge is 0.336 e. The summed E-state index contributed by atoms with van der Waals surface area (Å²) in [7, 11) is 3.00. The highest BCUT2D eigenvalue weighted by Gasteiger charge is 2.17. The lowest BCUT2D eigenvalue weighted by atomic mass is 10.0. The fraction of sp³-hybridized carbons (Fsp3) is 0.133. The number of furan rings is 1. The molecule has 0 saturated heterocycles. The van der Waals surface area contributed by atoms with Crippen LogP contribution in [-0.4, -0.2) is 25.3 Å². The van der Waals surface area contributed by atoms with Crippen molar-refractivity contribution in [1.29, 1.82) is 0 Å². The van der Waals surface area contributed by atoms with Crippen LogP contribution in [0.3, 0.4) is 0 Å². The number of methoxy groups -OCH3 is 2. The standard InChI is InChI=1S/C15H14O5/c1-18-10-5-6-14(19-2)12(8-10)13(15(16)17)9-11-4-3-7-20-11/h3-9H,1-2H3,(H,16,17)/b13-9-. The molecule has 0 aliphatic carbocycles. The summed E-state index contributed by atoms with van der Waals surface area (Å²) in [5.74, 6) is 0.374. The van der Waals surface area contributed by atoms with Crippen molar-refractivity contribution in [2.45, 2.75) is 0 Å². The predicted molar refractivity (Wildman–Crippen MR) is 73.8 cm³/mol. The molecule has 0 aliphatic rings. The van der Waals surface area contributed by atoms with Crippen LogP contribution in [0.1, 0.15) is 11.3 Å². The van der Waals surface area contributed by atoms with Crippen molar-refractivity contribution in [3.05, 3.63) is 47.9 Å². The van der Waals surface area contributed by atoms with Gasteiger partial charge in [0.05, 0.1) is 26.1 Å². The van der Waals surface area contributed by atoms with Gasteiger partial charge in [0.25, 0.3) is 0 Å². The molecule has 2 rings (SSSR count). The van der Waals surface area contributed by atoms with Crippen LogP contribution in [0.4, 0.5) is 0 Å². The fourth-order valence-corrected chi connectivity index (χ4v) is 1.79. The molecule has 0 radical (unpaired) electrons. The van der Waals surface area contributed by atoms with Crippen molar-refractivity contribution < 1.29 is 23.8 Å². The monoisotopic (exact) mass is 274 g/mol. The second kappa shape index (κ2) is 5.97. The van der Waals surface area contributed by atoms with Gasteiger partial charge in [-0.05, 0) is 36.4 Å². The van der Waals surface area contributed by atoms with Crippen molar-refractivity contribution >= 4 is 17.6 Å². The largest absolute Gasteiger partial charge is 0.497 e. The average molecular weight is 274 g/mol. The number of hydrogen-bond donors (Lipinski definition) is 1. The minimum absolute atomic E-state index is 0.0655. The predicted octanol–water partition coefficient (Wildman–Crippen LogP) is 2.92. The molecule has 0 unspecified atom stereocenters. The second-order valence-electron chi connectivity index (χ2n) is 3.94. The molecule has 0 atom stereocenters. The van der Waals surface area contributed by atoms with Crippen LogP contribution < -0.4 is 9.47 Å². The van der Waals surface area contributed by atoms with Gasteiger partial charge in [0.2, 0.25) is 0 Å². The summed E-state index contributed by atoms with van der Waals surface area (Å²) in [6, 6.07) is 8.34. The third-order valence-electron chi connectivity index (χ3n) is 2.76. The van der Waals surface area contributed by atoms with Crippen molar-refractivity contribution in [3.8, 4) is 11.5 Å². The maximum absolute atomic E-state index is 11.5. The molecule has 5 nitrogen and oxygen atoms in total. The van der Waals surface area contributed by atoms with Crippen LogP contribution in [0.15, 0.2) is 41.0 Å². The van der Waals surface area contributed by atoms with E-state index in [1.54, 1.807) is 30.3 Å². The van der Waals surface area contributed by atoms with E-state index in [0.29, 0.717) is 22.8 Å². The molecule has 0 amide bonds. The summed E-state index contributed by atoms with van der Waals surface area (Å²) in [6.45, 7) is 0. The topological polar surface area (TPSA) is 68.9 Å². The van der Waals surface area contributed by atoms with Gasteiger partial charge in [-0.15, -0.1) is 0 Å². The zero-order valence-corrected chi connectivity index (χ0v) is 11.1. The lowest BCUT2D eigenvalue weighted by Gasteiger charge is -2.10. The normalized spacial score (nSPS) is 11.2. The Morgan fingerprint density at radius 3 is 2.60 bits per heavy atom. The van der Waals surface area contributed by atoms with Crippen LogP contribution in [-0.2, 0) is 4.79 Å². The molecule has 2 aromatic rings. The molecular formula is C15H14O5. The molecule has 0 aliphatic heterocycles. The van der Waals surface area contributed by atoms with Gasteiger partial charge in [0.1, 0.15) is 17.3 Å². The van der Waals surface area contributed by atoms with E-state index < -0.39 is 5.97 Å². The zero-order valence-electron chi connectivity index (χ0n) is 11.1. The SMILES string of the molecule is COc1ccc(OC)c(/C(=C/c2ccco2)C(=O)O)c1. The van der Waals surface area contributed by atoms with E-state index in [2.05, 4.69) is 0 Å². The third-order valence-corrected chi connectivity index (χ3v) is 2.76. The molecule has 1 aromatic carbocycles. The highest BCUT2D eigenvalue weighted by atomic mass is 16.5. The Balaban J connectivity index is 2.57. The van der Waals surface area contributed by atoms with Crippen molar-refractivity contribution in [3.63, 3.8) is 0 Å². The van der Waals surface area contributed by atoms with Gasteiger partial charge in [0.15, 0.2) is 0 Å². The van der Waals surface area contributed by atoms with Gasteiger partial charge >= 0.3 is 5.97 Å². The first-order valence-electron chi connectivity index (χ1n) is 5.86. The number of aliphatic carboxylic acids is 1. The second-order valence-corrected chi connectivity index (χ2v) is 3.94. The van der Waals surface area contributed by atoms with E-state index in [1.165, 1.54) is 26.6 Å². The summed E-state index contributed by atoms with van der Waals surface area (Å²) >= 11 is 0. The van der Waals surface area contributed by atoms with Gasteiger partial charge in [-0.25, -0.2) is 4.79 Å². The summed E-state index contributed by atoms with van der Waals surface area (Å²) in [5, 5.41) is 9.40. The maximum Gasteiger partial charge on any atom is 0.336 e. The number of hydrogen-bond acceptors (Lipinski definition) is 4. The number of carboxylic acids is 1. The number of carbonyl (C=O) groups is 1. The van der Waals surface area contributed by atoms with Crippen LogP contribution in [0.25, 0.3) is 11.6 Å². The molecule has 5 heteroatoms. The van der Waals surface area contributed by atoms with Crippen LogP contribution in [0, 0.1) is 0 Å². The Morgan fingerprint density at radius 1 is 1.25 bits per heavy atom. The summed E-state index contributed by atoms with van der Waals surface area (Å²) in [6.07, 6.45) is 2.92. The van der Waals surface area contributed by atoms with Gasteiger partial charge < -0.3 is 19.0 Å². The van der Waals surface area contributed by atoms with E-state index in [1.807, 2.05) is 0 Å². The number of rotatable bonds is 5. The Hall–Kier alpha value is -2.69. The highest BCUT2D eigenvalue weighted by molar-refractivity contribution is 6.21. The molecule has 0 saturated carbocycles. The van der Waals surface area contributed by atoms with Gasteiger partial charge in [-0.3, -0.25) is 0 Å². The molecular weight excluding hydrogens is 260 g/mol. The molecule has 0 spiro atoms. The first kappa shape index (κ1) is 13.7. The van der Waals surface area contributed by atoms with E-state index >= 15 is 0 Å². The molecule has 104 valence electrons. The average Bonchev–Trinajstić information content (AvgIpc) is 2.96. The molecule has 0 fully saturated rings. The van der Waals surface area contributed by atoms with E-state index in [9.17, 15) is 9.90 Å². The van der Waals surface area contributed by atoms with E-state index in [-0.39, 0.29) is 5.57 Å². The van der Waals surface area contributed by atoms with Gasteiger partial charge in [-0.1, -0.05) is 0 Å². The van der Waals surface area contributed by atoms with Crippen molar-refractivity contribution in [2.75, 3.05) is 14.2 Å². The Morgan fingerprint density at radius 2 is 2.05 bits per heavy atom. The Labute approximate surface area is 116 Å². The molecule has 20 heavy (non-hydrogen) atoms. The Kier molecular flexibility index (Phi) is 4.10.